The maximum absolute atomic E-state index is 12.3. The van der Waals surface area contributed by atoms with Gasteiger partial charge in [-0.1, -0.05) is 24.6 Å². The molecule has 1 aromatic carbocycles. The maximum Gasteiger partial charge on any atom is 0.244 e. The first-order chi connectivity index (χ1) is 8.82. The average molecular weight is 309 g/mol. The topological polar surface area (TPSA) is 113 Å². The van der Waals surface area contributed by atoms with E-state index in [0.717, 1.165) is 0 Å². The molecule has 19 heavy (non-hydrogen) atoms. The molecule has 0 aliphatic carbocycles. The Balaban J connectivity index is 3.26. The van der Waals surface area contributed by atoms with Crippen molar-refractivity contribution in [3.8, 4) is 0 Å². The van der Waals surface area contributed by atoms with Gasteiger partial charge in [0.1, 0.15) is 4.90 Å². The molecule has 0 atom stereocenters. The quantitative estimate of drug-likeness (QED) is 0.566. The molecule has 0 fully saturated rings. The van der Waals surface area contributed by atoms with Crippen molar-refractivity contribution in [2.24, 2.45) is 0 Å². The summed E-state index contributed by atoms with van der Waals surface area (Å²) >= 11 is 5.85. The summed E-state index contributed by atoms with van der Waals surface area (Å²) in [6.07, 6.45) is 0.212. The molecular formula is C11H17ClN2O4S. The highest BCUT2D eigenvalue weighted by Gasteiger charge is 2.34. The van der Waals surface area contributed by atoms with Crippen molar-refractivity contribution in [1.29, 1.82) is 0 Å². The third-order valence-corrected chi connectivity index (χ3v) is 5.02. The number of aliphatic hydroxyl groups is 2. The van der Waals surface area contributed by atoms with Crippen LogP contribution in [-0.4, -0.2) is 37.4 Å². The first-order valence-corrected chi connectivity index (χ1v) is 7.47. The maximum atomic E-state index is 12.3. The second-order valence-electron chi connectivity index (χ2n) is 4.21. The molecule has 8 heteroatoms. The van der Waals surface area contributed by atoms with Crippen molar-refractivity contribution in [3.05, 3.63) is 23.2 Å². The number of benzene rings is 1. The molecule has 1 rings (SSSR count). The van der Waals surface area contributed by atoms with Crippen LogP contribution in [0.4, 0.5) is 5.69 Å². The molecule has 0 radical (unpaired) electrons. The molecule has 0 saturated heterocycles. The van der Waals surface area contributed by atoms with E-state index in [2.05, 4.69) is 4.72 Å². The summed E-state index contributed by atoms with van der Waals surface area (Å²) in [6, 6.07) is 4.34. The number of nitrogens with two attached hydrogens (primary N) is 1. The monoisotopic (exact) mass is 308 g/mol. The zero-order chi connectivity index (χ0) is 14.7. The summed E-state index contributed by atoms with van der Waals surface area (Å²) in [4.78, 5) is -0.253. The molecule has 0 aliphatic heterocycles. The van der Waals surface area contributed by atoms with Crippen LogP contribution in [0.15, 0.2) is 23.1 Å². The van der Waals surface area contributed by atoms with Gasteiger partial charge in [0.25, 0.3) is 0 Å². The van der Waals surface area contributed by atoms with E-state index in [1.54, 1.807) is 6.92 Å². The van der Waals surface area contributed by atoms with Gasteiger partial charge in [0.15, 0.2) is 0 Å². The zero-order valence-corrected chi connectivity index (χ0v) is 12.0. The van der Waals surface area contributed by atoms with E-state index in [-0.39, 0.29) is 22.0 Å². The lowest BCUT2D eigenvalue weighted by atomic mass is 10.0. The Hall–Kier alpha value is -0.860. The van der Waals surface area contributed by atoms with Gasteiger partial charge in [-0.2, -0.15) is 0 Å². The smallest absolute Gasteiger partial charge is 0.244 e. The Kier molecular flexibility index (Phi) is 5.17. The van der Waals surface area contributed by atoms with Gasteiger partial charge in [-0.25, -0.2) is 13.1 Å². The van der Waals surface area contributed by atoms with Gasteiger partial charge in [0.05, 0.1) is 29.5 Å². The van der Waals surface area contributed by atoms with Crippen molar-refractivity contribution in [3.63, 3.8) is 0 Å². The minimum absolute atomic E-state index is 0.000817. The summed E-state index contributed by atoms with van der Waals surface area (Å²) < 4.78 is 26.8. The van der Waals surface area contributed by atoms with Crippen molar-refractivity contribution in [2.75, 3.05) is 18.9 Å². The van der Waals surface area contributed by atoms with Crippen LogP contribution >= 0.6 is 11.6 Å². The Morgan fingerprint density at radius 2 is 1.95 bits per heavy atom. The molecule has 108 valence electrons. The summed E-state index contributed by atoms with van der Waals surface area (Å²) in [6.45, 7) is 0.568. The minimum Gasteiger partial charge on any atom is -0.398 e. The lowest BCUT2D eigenvalue weighted by molar-refractivity contribution is 0.105. The fraction of sp³-hybridized carbons (Fsp3) is 0.455. The standard InChI is InChI=1S/C11H17ClN2O4S/c1-2-11(6-15,7-16)14-19(17,18)10-8(12)4-3-5-9(10)13/h3-5,14-16H,2,6-7,13H2,1H3. The third-order valence-electron chi connectivity index (χ3n) is 2.90. The normalized spacial score (nSPS) is 12.6. The molecule has 0 saturated carbocycles. The van der Waals surface area contributed by atoms with E-state index in [1.165, 1.54) is 18.2 Å². The SMILES string of the molecule is CCC(CO)(CO)NS(=O)(=O)c1c(N)cccc1Cl. The van der Waals surface area contributed by atoms with Crippen LogP contribution in [0.25, 0.3) is 0 Å². The molecule has 0 amide bonds. The lowest BCUT2D eigenvalue weighted by Gasteiger charge is -2.29. The van der Waals surface area contributed by atoms with Crippen LogP contribution < -0.4 is 10.5 Å². The Morgan fingerprint density at radius 1 is 1.37 bits per heavy atom. The highest BCUT2D eigenvalue weighted by atomic mass is 35.5. The highest BCUT2D eigenvalue weighted by molar-refractivity contribution is 7.89. The number of aliphatic hydroxyl groups excluding tert-OH is 2. The number of hydrogen-bond donors (Lipinski definition) is 4. The largest absolute Gasteiger partial charge is 0.398 e. The molecular weight excluding hydrogens is 292 g/mol. The van der Waals surface area contributed by atoms with Gasteiger partial charge < -0.3 is 15.9 Å². The number of anilines is 1. The first-order valence-electron chi connectivity index (χ1n) is 5.61. The van der Waals surface area contributed by atoms with Crippen LogP contribution in [0.3, 0.4) is 0 Å². The van der Waals surface area contributed by atoms with Crippen LogP contribution in [0.2, 0.25) is 5.02 Å². The van der Waals surface area contributed by atoms with Crippen LogP contribution in [0.1, 0.15) is 13.3 Å². The summed E-state index contributed by atoms with van der Waals surface area (Å²) in [5, 5.41) is 18.5. The molecule has 6 nitrogen and oxygen atoms in total. The van der Waals surface area contributed by atoms with Crippen molar-refractivity contribution >= 4 is 27.3 Å². The van der Waals surface area contributed by atoms with Crippen LogP contribution in [0, 0.1) is 0 Å². The van der Waals surface area contributed by atoms with E-state index in [1.807, 2.05) is 0 Å². The van der Waals surface area contributed by atoms with Gasteiger partial charge in [0.2, 0.25) is 10.0 Å². The van der Waals surface area contributed by atoms with E-state index in [4.69, 9.17) is 17.3 Å². The van der Waals surface area contributed by atoms with E-state index >= 15 is 0 Å². The first kappa shape index (κ1) is 16.2. The summed E-state index contributed by atoms with van der Waals surface area (Å²) in [5.41, 5.74) is 4.28. The molecule has 1 aromatic rings. The predicted octanol–water partition coefficient (Wildman–Crippen LogP) is 0.334. The van der Waals surface area contributed by atoms with Crippen molar-refractivity contribution in [2.45, 2.75) is 23.8 Å². The molecule has 0 aliphatic rings. The second kappa shape index (κ2) is 6.06. The van der Waals surface area contributed by atoms with Gasteiger partial charge in [-0.3, -0.25) is 0 Å². The molecule has 0 heterocycles. The number of hydrogen-bond acceptors (Lipinski definition) is 5. The summed E-state index contributed by atoms with van der Waals surface area (Å²) in [5.74, 6) is 0. The zero-order valence-electron chi connectivity index (χ0n) is 10.4. The summed E-state index contributed by atoms with van der Waals surface area (Å²) in [7, 11) is -4.04. The minimum atomic E-state index is -4.04. The van der Waals surface area contributed by atoms with E-state index in [0.29, 0.717) is 0 Å². The van der Waals surface area contributed by atoms with Gasteiger partial charge in [-0.15, -0.1) is 0 Å². The van der Waals surface area contributed by atoms with Gasteiger partial charge in [0, 0.05) is 0 Å². The Labute approximate surface area is 117 Å². The van der Waals surface area contributed by atoms with Gasteiger partial charge >= 0.3 is 0 Å². The average Bonchev–Trinajstić information content (AvgIpc) is 2.35. The highest BCUT2D eigenvalue weighted by Crippen LogP contribution is 2.28. The Bertz CT molecular complexity index is 515. The van der Waals surface area contributed by atoms with Gasteiger partial charge in [-0.05, 0) is 18.6 Å². The molecule has 0 spiro atoms. The second-order valence-corrected chi connectivity index (χ2v) is 6.24. The fourth-order valence-electron chi connectivity index (χ4n) is 1.56. The molecule has 0 aromatic heterocycles. The Morgan fingerprint density at radius 3 is 2.37 bits per heavy atom. The fourth-order valence-corrected chi connectivity index (χ4v) is 3.69. The number of nitrogens with one attached hydrogen (secondary N) is 1. The number of rotatable bonds is 6. The number of halogens is 1. The molecule has 0 bridgehead atoms. The van der Waals surface area contributed by atoms with Crippen molar-refractivity contribution in [1.82, 2.24) is 4.72 Å². The number of nitrogen functional groups attached to an aromatic ring is 1. The molecule has 0 unspecified atom stereocenters. The van der Waals surface area contributed by atoms with Crippen LogP contribution in [0.5, 0.6) is 0 Å². The third kappa shape index (κ3) is 3.37. The van der Waals surface area contributed by atoms with E-state index < -0.39 is 28.8 Å². The lowest BCUT2D eigenvalue weighted by Crippen LogP contribution is -2.53. The predicted molar refractivity (Wildman–Crippen MR) is 73.4 cm³/mol. The molecule has 5 N–H and O–H groups in total. The van der Waals surface area contributed by atoms with E-state index in [9.17, 15) is 18.6 Å². The van der Waals surface area contributed by atoms with Crippen LogP contribution in [-0.2, 0) is 10.0 Å². The number of sulfonamides is 1. The van der Waals surface area contributed by atoms with Crippen molar-refractivity contribution < 1.29 is 18.6 Å².